The number of benzene rings is 2. The highest BCUT2D eigenvalue weighted by molar-refractivity contribution is 6.21. The number of hydrogen-bond donors (Lipinski definition) is 0. The Hall–Kier alpha value is -3.15. The summed E-state index contributed by atoms with van der Waals surface area (Å²) in [5.41, 5.74) is 1.47. The van der Waals surface area contributed by atoms with E-state index in [0.29, 0.717) is 22.6 Å². The minimum absolute atomic E-state index is 0.128. The zero-order valence-electron chi connectivity index (χ0n) is 14.1. The third-order valence-corrected chi connectivity index (χ3v) is 4.17. The van der Waals surface area contributed by atoms with Crippen LogP contribution < -0.4 is 9.64 Å². The highest BCUT2D eigenvalue weighted by Crippen LogP contribution is 2.24. The van der Waals surface area contributed by atoms with Gasteiger partial charge in [-0.2, -0.15) is 0 Å². The molecule has 0 saturated heterocycles. The Labute approximate surface area is 145 Å². The molecule has 0 bridgehead atoms. The number of carbonyl (C=O) groups excluding carboxylic acids is 3. The third kappa shape index (κ3) is 3.10. The van der Waals surface area contributed by atoms with E-state index in [-0.39, 0.29) is 30.8 Å². The lowest BCUT2D eigenvalue weighted by atomic mass is 10.1. The summed E-state index contributed by atoms with van der Waals surface area (Å²) in [4.78, 5) is 39.5. The fraction of sp³-hybridized carbons (Fsp3) is 0.211. The van der Waals surface area contributed by atoms with Gasteiger partial charge in [0.1, 0.15) is 5.75 Å². The Balaban J connectivity index is 1.78. The predicted octanol–water partition coefficient (Wildman–Crippen LogP) is 2.34. The van der Waals surface area contributed by atoms with E-state index in [4.69, 9.17) is 4.74 Å². The van der Waals surface area contributed by atoms with Crippen LogP contribution in [-0.4, -0.2) is 42.8 Å². The monoisotopic (exact) mass is 338 g/mol. The normalized spacial score (nSPS) is 13.0. The maximum absolute atomic E-state index is 12.4. The Kier molecular flexibility index (Phi) is 4.52. The molecule has 3 amide bonds. The molecule has 0 fully saturated rings. The van der Waals surface area contributed by atoms with Crippen molar-refractivity contribution >= 4 is 23.4 Å². The summed E-state index contributed by atoms with van der Waals surface area (Å²) < 4.78 is 5.18. The van der Waals surface area contributed by atoms with Crippen LogP contribution in [0.3, 0.4) is 0 Å². The number of imide groups is 1. The molecule has 0 radical (unpaired) electrons. The second kappa shape index (κ2) is 6.76. The molecular weight excluding hydrogens is 320 g/mol. The van der Waals surface area contributed by atoms with E-state index in [2.05, 4.69) is 0 Å². The molecular formula is C19H18N2O4. The Bertz CT molecular complexity index is 812. The first-order chi connectivity index (χ1) is 12.0. The molecule has 0 N–H and O–H groups in total. The SMILES string of the molecule is COc1cccc(N(CCN2C(=O)c3ccccc3C2=O)C(C)=O)c1. The molecule has 6 nitrogen and oxygen atoms in total. The van der Waals surface area contributed by atoms with Crippen LogP contribution in [-0.2, 0) is 4.79 Å². The molecule has 0 spiro atoms. The number of amides is 3. The fourth-order valence-electron chi connectivity index (χ4n) is 2.89. The standard InChI is InChI=1S/C19H18N2O4/c1-13(22)20(14-6-5-7-15(12-14)25-2)10-11-21-18(23)16-8-3-4-9-17(16)19(21)24/h3-9,12H,10-11H2,1-2H3. The molecule has 25 heavy (non-hydrogen) atoms. The minimum atomic E-state index is -0.324. The van der Waals surface area contributed by atoms with E-state index in [0.717, 1.165) is 0 Å². The molecule has 2 aromatic carbocycles. The zero-order chi connectivity index (χ0) is 18.0. The van der Waals surface area contributed by atoms with Crippen LogP contribution in [0.1, 0.15) is 27.6 Å². The first kappa shape index (κ1) is 16.7. The zero-order valence-corrected chi connectivity index (χ0v) is 14.1. The van der Waals surface area contributed by atoms with Gasteiger partial charge in [-0.3, -0.25) is 19.3 Å². The molecule has 0 saturated carbocycles. The van der Waals surface area contributed by atoms with Gasteiger partial charge in [0, 0.05) is 31.8 Å². The van der Waals surface area contributed by atoms with E-state index >= 15 is 0 Å². The van der Waals surface area contributed by atoms with Crippen LogP contribution >= 0.6 is 0 Å². The number of nitrogens with zero attached hydrogens (tertiary/aromatic N) is 2. The summed E-state index contributed by atoms with van der Waals surface area (Å²) >= 11 is 0. The molecule has 1 heterocycles. The largest absolute Gasteiger partial charge is 0.497 e. The molecule has 0 aliphatic carbocycles. The maximum atomic E-state index is 12.4. The molecule has 2 aromatic rings. The van der Waals surface area contributed by atoms with Crippen LogP contribution in [0, 0.1) is 0 Å². The van der Waals surface area contributed by atoms with Crippen molar-refractivity contribution in [1.29, 1.82) is 0 Å². The van der Waals surface area contributed by atoms with Gasteiger partial charge in [0.25, 0.3) is 11.8 Å². The molecule has 128 valence electrons. The van der Waals surface area contributed by atoms with Gasteiger partial charge in [0.05, 0.1) is 18.2 Å². The summed E-state index contributed by atoms with van der Waals surface area (Å²) in [6, 6.07) is 13.8. The average Bonchev–Trinajstić information content (AvgIpc) is 2.87. The van der Waals surface area contributed by atoms with Gasteiger partial charge in [-0.05, 0) is 24.3 Å². The smallest absolute Gasteiger partial charge is 0.261 e. The van der Waals surface area contributed by atoms with Gasteiger partial charge < -0.3 is 9.64 Å². The highest BCUT2D eigenvalue weighted by atomic mass is 16.5. The number of ether oxygens (including phenoxy) is 1. The van der Waals surface area contributed by atoms with Crippen molar-refractivity contribution in [2.75, 3.05) is 25.1 Å². The van der Waals surface area contributed by atoms with Crippen molar-refractivity contribution in [2.24, 2.45) is 0 Å². The van der Waals surface area contributed by atoms with Gasteiger partial charge in [-0.25, -0.2) is 0 Å². The summed E-state index contributed by atoms with van der Waals surface area (Å²) in [7, 11) is 1.55. The maximum Gasteiger partial charge on any atom is 0.261 e. The second-order valence-corrected chi connectivity index (χ2v) is 5.68. The number of fused-ring (bicyclic) bond motifs is 1. The van der Waals surface area contributed by atoms with Crippen LogP contribution in [0.4, 0.5) is 5.69 Å². The van der Waals surface area contributed by atoms with Crippen molar-refractivity contribution in [3.05, 3.63) is 59.7 Å². The van der Waals surface area contributed by atoms with Gasteiger partial charge in [-0.15, -0.1) is 0 Å². The predicted molar refractivity (Wildman–Crippen MR) is 92.8 cm³/mol. The van der Waals surface area contributed by atoms with Crippen LogP contribution in [0.5, 0.6) is 5.75 Å². The lowest BCUT2D eigenvalue weighted by Gasteiger charge is -2.24. The van der Waals surface area contributed by atoms with Gasteiger partial charge in [-0.1, -0.05) is 18.2 Å². The van der Waals surface area contributed by atoms with Gasteiger partial charge >= 0.3 is 0 Å². The van der Waals surface area contributed by atoms with Crippen molar-refractivity contribution in [3.63, 3.8) is 0 Å². The van der Waals surface area contributed by atoms with Crippen molar-refractivity contribution in [3.8, 4) is 5.75 Å². The first-order valence-electron chi connectivity index (χ1n) is 7.90. The highest BCUT2D eigenvalue weighted by Gasteiger charge is 2.35. The average molecular weight is 338 g/mol. The molecule has 3 rings (SSSR count). The second-order valence-electron chi connectivity index (χ2n) is 5.68. The van der Waals surface area contributed by atoms with Gasteiger partial charge in [0.2, 0.25) is 5.91 Å². The number of anilines is 1. The summed E-state index contributed by atoms with van der Waals surface area (Å²) in [5.74, 6) is -0.196. The minimum Gasteiger partial charge on any atom is -0.497 e. The molecule has 0 aromatic heterocycles. The molecule has 1 aliphatic rings. The quantitative estimate of drug-likeness (QED) is 0.785. The summed E-state index contributed by atoms with van der Waals surface area (Å²) in [5, 5.41) is 0. The van der Waals surface area contributed by atoms with Gasteiger partial charge in [0.15, 0.2) is 0 Å². The molecule has 0 atom stereocenters. The van der Waals surface area contributed by atoms with Crippen LogP contribution in [0.15, 0.2) is 48.5 Å². The number of rotatable bonds is 5. The molecule has 0 unspecified atom stereocenters. The van der Waals surface area contributed by atoms with Crippen molar-refractivity contribution < 1.29 is 19.1 Å². The van der Waals surface area contributed by atoms with E-state index in [1.54, 1.807) is 55.6 Å². The molecule has 6 heteroatoms. The Morgan fingerprint density at radius 1 is 1.04 bits per heavy atom. The van der Waals surface area contributed by atoms with E-state index in [1.807, 2.05) is 0 Å². The topological polar surface area (TPSA) is 66.9 Å². The van der Waals surface area contributed by atoms with Crippen LogP contribution in [0.25, 0.3) is 0 Å². The van der Waals surface area contributed by atoms with E-state index in [9.17, 15) is 14.4 Å². The number of carbonyl (C=O) groups is 3. The Morgan fingerprint density at radius 3 is 2.24 bits per heavy atom. The summed E-state index contributed by atoms with van der Waals surface area (Å²) in [6.07, 6.45) is 0. The van der Waals surface area contributed by atoms with E-state index < -0.39 is 0 Å². The summed E-state index contributed by atoms with van der Waals surface area (Å²) in [6.45, 7) is 1.79. The van der Waals surface area contributed by atoms with Crippen molar-refractivity contribution in [1.82, 2.24) is 4.90 Å². The fourth-order valence-corrected chi connectivity index (χ4v) is 2.89. The number of hydrogen-bond acceptors (Lipinski definition) is 4. The lowest BCUT2D eigenvalue weighted by Crippen LogP contribution is -2.40. The number of methoxy groups -OCH3 is 1. The van der Waals surface area contributed by atoms with Crippen LogP contribution in [0.2, 0.25) is 0 Å². The van der Waals surface area contributed by atoms with E-state index in [1.165, 1.54) is 16.7 Å². The third-order valence-electron chi connectivity index (χ3n) is 4.17. The van der Waals surface area contributed by atoms with Crippen molar-refractivity contribution in [2.45, 2.75) is 6.92 Å². The lowest BCUT2D eigenvalue weighted by molar-refractivity contribution is -0.116. The Morgan fingerprint density at radius 2 is 1.68 bits per heavy atom. The first-order valence-corrected chi connectivity index (χ1v) is 7.90. The molecule has 1 aliphatic heterocycles.